The zero-order chi connectivity index (χ0) is 12.8. The highest BCUT2D eigenvalue weighted by Crippen LogP contribution is 2.02. The second-order valence-electron chi connectivity index (χ2n) is 3.92. The molecule has 1 aromatic carbocycles. The number of carbonyl (C=O) groups is 1. The zero-order valence-corrected chi connectivity index (χ0v) is 10.3. The first-order valence-electron chi connectivity index (χ1n) is 5.97. The number of hydrogen-bond donors (Lipinski definition) is 0. The van der Waals surface area contributed by atoms with Crippen LogP contribution in [0.5, 0.6) is 0 Å². The fourth-order valence-electron chi connectivity index (χ4n) is 1.56. The highest BCUT2D eigenvalue weighted by Gasteiger charge is 1.96. The summed E-state index contributed by atoms with van der Waals surface area (Å²) in [7, 11) is 0. The van der Waals surface area contributed by atoms with Gasteiger partial charge in [-0.25, -0.2) is 9.67 Å². The van der Waals surface area contributed by atoms with Crippen molar-refractivity contribution in [1.29, 1.82) is 0 Å². The van der Waals surface area contributed by atoms with Crippen molar-refractivity contribution < 1.29 is 4.79 Å². The average molecular weight is 241 g/mol. The van der Waals surface area contributed by atoms with Crippen LogP contribution in [0, 0.1) is 0 Å². The Morgan fingerprint density at radius 1 is 1.28 bits per heavy atom. The monoisotopic (exact) mass is 241 g/mol. The smallest absolute Gasteiger partial charge is 0.246 e. The Bertz CT molecular complexity index is 567. The number of carbonyl (C=O) groups excluding carboxylic acids is 1. The van der Waals surface area contributed by atoms with Crippen molar-refractivity contribution in [2.24, 2.45) is 4.99 Å². The van der Waals surface area contributed by atoms with Gasteiger partial charge in [-0.1, -0.05) is 25.1 Å². The maximum absolute atomic E-state index is 11.4. The number of nitrogens with zero attached hydrogens (tertiary/aromatic N) is 3. The van der Waals surface area contributed by atoms with Gasteiger partial charge in [0, 0.05) is 12.6 Å². The van der Waals surface area contributed by atoms with Crippen LogP contribution in [-0.4, -0.2) is 15.7 Å². The number of para-hydroxylation sites is 1. The topological polar surface area (TPSA) is 47.2 Å². The molecule has 2 rings (SSSR count). The van der Waals surface area contributed by atoms with Crippen molar-refractivity contribution >= 4 is 5.91 Å². The molecule has 0 aliphatic carbocycles. The molecule has 0 fully saturated rings. The van der Waals surface area contributed by atoms with E-state index in [1.165, 1.54) is 0 Å². The maximum atomic E-state index is 11.4. The highest BCUT2D eigenvalue weighted by atomic mass is 16.1. The Balaban J connectivity index is 2.23. The molecule has 18 heavy (non-hydrogen) atoms. The minimum Gasteiger partial charge on any atom is -0.273 e. The van der Waals surface area contributed by atoms with Gasteiger partial charge in [-0.15, -0.1) is 0 Å². The Morgan fingerprint density at radius 3 is 2.67 bits per heavy atom. The van der Waals surface area contributed by atoms with E-state index in [0.29, 0.717) is 11.8 Å². The van der Waals surface area contributed by atoms with E-state index >= 15 is 0 Å². The zero-order valence-electron chi connectivity index (χ0n) is 10.3. The summed E-state index contributed by atoms with van der Waals surface area (Å²) in [6.07, 6.45) is 4.69. The SMILES string of the molecule is CCCC(=O)N=c1ccn(-c2ccccc2)nc1. The van der Waals surface area contributed by atoms with Crippen LogP contribution in [0.2, 0.25) is 0 Å². The van der Waals surface area contributed by atoms with Crippen LogP contribution >= 0.6 is 0 Å². The average Bonchev–Trinajstić information content (AvgIpc) is 2.41. The van der Waals surface area contributed by atoms with E-state index in [2.05, 4.69) is 10.1 Å². The van der Waals surface area contributed by atoms with Gasteiger partial charge in [0.15, 0.2) is 0 Å². The molecule has 0 saturated heterocycles. The molecule has 0 spiro atoms. The van der Waals surface area contributed by atoms with E-state index in [1.54, 1.807) is 23.1 Å². The molecule has 0 N–H and O–H groups in total. The van der Waals surface area contributed by atoms with Crippen LogP contribution in [0.4, 0.5) is 0 Å². The minimum atomic E-state index is -0.100. The summed E-state index contributed by atoms with van der Waals surface area (Å²) in [5.41, 5.74) is 0.976. The molecule has 0 bridgehead atoms. The summed E-state index contributed by atoms with van der Waals surface area (Å²) < 4.78 is 1.74. The number of benzene rings is 1. The van der Waals surface area contributed by atoms with Gasteiger partial charge in [0.1, 0.15) is 0 Å². The maximum Gasteiger partial charge on any atom is 0.246 e. The van der Waals surface area contributed by atoms with Crippen molar-refractivity contribution in [1.82, 2.24) is 9.78 Å². The molecule has 2 aromatic rings. The predicted octanol–water partition coefficient (Wildman–Crippen LogP) is 2.10. The normalized spacial score (nSPS) is 11.5. The van der Waals surface area contributed by atoms with Crippen molar-refractivity contribution in [3.8, 4) is 5.69 Å². The molecule has 4 nitrogen and oxygen atoms in total. The third-order valence-corrected chi connectivity index (χ3v) is 2.44. The van der Waals surface area contributed by atoms with Gasteiger partial charge in [0.25, 0.3) is 0 Å². The van der Waals surface area contributed by atoms with Gasteiger partial charge in [0.2, 0.25) is 5.91 Å². The molecule has 1 aromatic heterocycles. The predicted molar refractivity (Wildman–Crippen MR) is 69.0 cm³/mol. The van der Waals surface area contributed by atoms with Gasteiger partial charge in [-0.3, -0.25) is 4.79 Å². The number of hydrogen-bond acceptors (Lipinski definition) is 2. The summed E-state index contributed by atoms with van der Waals surface area (Å²) in [5, 5.41) is 4.83. The summed E-state index contributed by atoms with van der Waals surface area (Å²) in [5.74, 6) is -0.100. The Morgan fingerprint density at radius 2 is 2.06 bits per heavy atom. The van der Waals surface area contributed by atoms with Crippen LogP contribution in [-0.2, 0) is 4.79 Å². The standard InChI is InChI=1S/C14H15N3O/c1-2-6-14(18)16-12-9-10-17(15-11-12)13-7-4-3-5-8-13/h3-5,7-11H,2,6H2,1H3. The molecule has 0 aliphatic rings. The van der Waals surface area contributed by atoms with Gasteiger partial charge in [0.05, 0.1) is 17.2 Å². The van der Waals surface area contributed by atoms with Gasteiger partial charge in [-0.05, 0) is 24.6 Å². The van der Waals surface area contributed by atoms with E-state index in [1.807, 2.05) is 37.3 Å². The first-order chi connectivity index (χ1) is 8.79. The summed E-state index contributed by atoms with van der Waals surface area (Å²) in [6.45, 7) is 1.96. The lowest BCUT2D eigenvalue weighted by atomic mass is 10.3. The molecular weight excluding hydrogens is 226 g/mol. The van der Waals surface area contributed by atoms with E-state index in [-0.39, 0.29) is 5.91 Å². The number of amides is 1. The minimum absolute atomic E-state index is 0.100. The summed E-state index contributed by atoms with van der Waals surface area (Å²) in [6, 6.07) is 11.6. The van der Waals surface area contributed by atoms with Crippen LogP contribution in [0.15, 0.2) is 53.8 Å². The first-order valence-corrected chi connectivity index (χ1v) is 5.97. The molecule has 1 amide bonds. The van der Waals surface area contributed by atoms with E-state index < -0.39 is 0 Å². The molecule has 0 aliphatic heterocycles. The van der Waals surface area contributed by atoms with Crippen LogP contribution < -0.4 is 5.36 Å². The molecular formula is C14H15N3O. The Hall–Kier alpha value is -2.23. The molecule has 0 radical (unpaired) electrons. The number of rotatable bonds is 3. The third kappa shape index (κ3) is 3.13. The second-order valence-corrected chi connectivity index (χ2v) is 3.92. The lowest BCUT2D eigenvalue weighted by Gasteiger charge is -2.03. The molecule has 4 heteroatoms. The Kier molecular flexibility index (Phi) is 4.02. The van der Waals surface area contributed by atoms with Crippen molar-refractivity contribution in [2.75, 3.05) is 0 Å². The van der Waals surface area contributed by atoms with Gasteiger partial charge in [-0.2, -0.15) is 5.10 Å². The lowest BCUT2D eigenvalue weighted by molar-refractivity contribution is -0.118. The molecule has 1 heterocycles. The number of aromatic nitrogens is 2. The van der Waals surface area contributed by atoms with Gasteiger partial charge < -0.3 is 0 Å². The fraction of sp³-hybridized carbons (Fsp3) is 0.214. The van der Waals surface area contributed by atoms with Crippen LogP contribution in [0.25, 0.3) is 5.69 Å². The lowest BCUT2D eigenvalue weighted by Crippen LogP contribution is -2.11. The molecule has 0 atom stereocenters. The van der Waals surface area contributed by atoms with E-state index in [4.69, 9.17) is 0 Å². The van der Waals surface area contributed by atoms with Crippen molar-refractivity contribution in [3.63, 3.8) is 0 Å². The molecule has 0 saturated carbocycles. The van der Waals surface area contributed by atoms with Crippen molar-refractivity contribution in [3.05, 3.63) is 54.1 Å². The van der Waals surface area contributed by atoms with E-state index in [9.17, 15) is 4.79 Å². The summed E-state index contributed by atoms with van der Waals surface area (Å²) >= 11 is 0. The first kappa shape index (κ1) is 12.2. The van der Waals surface area contributed by atoms with Crippen molar-refractivity contribution in [2.45, 2.75) is 19.8 Å². The largest absolute Gasteiger partial charge is 0.273 e. The second kappa shape index (κ2) is 5.91. The summed E-state index contributed by atoms with van der Waals surface area (Å²) in [4.78, 5) is 15.3. The van der Waals surface area contributed by atoms with E-state index in [0.717, 1.165) is 12.1 Å². The van der Waals surface area contributed by atoms with Crippen LogP contribution in [0.3, 0.4) is 0 Å². The van der Waals surface area contributed by atoms with Gasteiger partial charge >= 0.3 is 0 Å². The highest BCUT2D eigenvalue weighted by molar-refractivity contribution is 5.76. The quantitative estimate of drug-likeness (QED) is 0.826. The molecule has 92 valence electrons. The molecule has 0 unspecified atom stereocenters. The fourth-order valence-corrected chi connectivity index (χ4v) is 1.56. The third-order valence-electron chi connectivity index (χ3n) is 2.44. The Labute approximate surface area is 106 Å². The van der Waals surface area contributed by atoms with Crippen LogP contribution in [0.1, 0.15) is 19.8 Å².